The monoisotopic (exact) mass is 205 g/mol. The molecule has 2 aliphatic rings. The van der Waals surface area contributed by atoms with Crippen LogP contribution in [0.3, 0.4) is 0 Å². The molecule has 0 aliphatic heterocycles. The highest BCUT2D eigenvalue weighted by molar-refractivity contribution is 5.23. The van der Waals surface area contributed by atoms with Crippen molar-refractivity contribution in [3.05, 3.63) is 17.7 Å². The van der Waals surface area contributed by atoms with Crippen LogP contribution in [0.1, 0.15) is 49.0 Å². The number of aromatic nitrogens is 2. The fraction of sp³-hybridized carbons (Fsp3) is 0.750. The molecule has 0 radical (unpaired) electrons. The first kappa shape index (κ1) is 9.40. The normalized spacial score (nSPS) is 25.3. The molecule has 1 aromatic heterocycles. The molecular weight excluding hydrogens is 186 g/mol. The molecule has 2 aliphatic carbocycles. The standard InChI is InChI=1S/C12H19N3/c1-13-7-9-3-2-4-11-12(9)14-8-15(11)10-5-6-10/h8-10,13H,2-7H2,1H3. The van der Waals surface area contributed by atoms with Crippen LogP contribution in [0.5, 0.6) is 0 Å². The van der Waals surface area contributed by atoms with Crippen LogP contribution in [0.15, 0.2) is 6.33 Å². The van der Waals surface area contributed by atoms with Crippen LogP contribution in [0.2, 0.25) is 0 Å². The summed E-state index contributed by atoms with van der Waals surface area (Å²) in [6, 6.07) is 0.787. The van der Waals surface area contributed by atoms with Crippen LogP contribution < -0.4 is 5.32 Å². The second-order valence-corrected chi connectivity index (χ2v) is 4.86. The first-order valence-electron chi connectivity index (χ1n) is 6.10. The zero-order valence-electron chi connectivity index (χ0n) is 9.37. The van der Waals surface area contributed by atoms with Crippen molar-refractivity contribution in [1.29, 1.82) is 0 Å². The smallest absolute Gasteiger partial charge is 0.0954 e. The van der Waals surface area contributed by atoms with Crippen molar-refractivity contribution in [1.82, 2.24) is 14.9 Å². The van der Waals surface area contributed by atoms with Gasteiger partial charge >= 0.3 is 0 Å². The van der Waals surface area contributed by atoms with Crippen LogP contribution in [0.25, 0.3) is 0 Å². The van der Waals surface area contributed by atoms with E-state index in [2.05, 4.69) is 21.2 Å². The average Bonchev–Trinajstić information content (AvgIpc) is 3.00. The summed E-state index contributed by atoms with van der Waals surface area (Å²) in [5.74, 6) is 0.652. The highest BCUT2D eigenvalue weighted by atomic mass is 15.1. The number of imidazole rings is 1. The molecule has 0 amide bonds. The van der Waals surface area contributed by atoms with E-state index in [0.29, 0.717) is 5.92 Å². The van der Waals surface area contributed by atoms with Crippen LogP contribution in [-0.2, 0) is 6.42 Å². The third-order valence-electron chi connectivity index (χ3n) is 3.67. The first-order chi connectivity index (χ1) is 7.40. The van der Waals surface area contributed by atoms with Crippen molar-refractivity contribution in [2.45, 2.75) is 44.1 Å². The molecule has 0 spiro atoms. The van der Waals surface area contributed by atoms with Crippen LogP contribution in [0.4, 0.5) is 0 Å². The molecule has 0 bridgehead atoms. The molecule has 82 valence electrons. The Morgan fingerprint density at radius 2 is 2.33 bits per heavy atom. The lowest BCUT2D eigenvalue weighted by molar-refractivity contribution is 0.504. The molecule has 0 saturated heterocycles. The maximum absolute atomic E-state index is 4.64. The van der Waals surface area contributed by atoms with E-state index in [1.165, 1.54) is 43.5 Å². The fourth-order valence-corrected chi connectivity index (χ4v) is 2.76. The molecule has 1 saturated carbocycles. The number of hydrogen-bond acceptors (Lipinski definition) is 2. The molecule has 3 heteroatoms. The molecule has 1 N–H and O–H groups in total. The number of fused-ring (bicyclic) bond motifs is 1. The summed E-state index contributed by atoms with van der Waals surface area (Å²) >= 11 is 0. The Morgan fingerprint density at radius 3 is 3.07 bits per heavy atom. The quantitative estimate of drug-likeness (QED) is 0.816. The number of nitrogens with one attached hydrogen (secondary N) is 1. The van der Waals surface area contributed by atoms with E-state index in [1.807, 2.05) is 7.05 Å². The van der Waals surface area contributed by atoms with Gasteiger partial charge in [0.15, 0.2) is 0 Å². The van der Waals surface area contributed by atoms with Crippen molar-refractivity contribution in [3.8, 4) is 0 Å². The molecule has 3 rings (SSSR count). The Labute approximate surface area is 90.9 Å². The summed E-state index contributed by atoms with van der Waals surface area (Å²) in [6.45, 7) is 1.08. The van der Waals surface area contributed by atoms with Gasteiger partial charge in [0, 0.05) is 24.2 Å². The van der Waals surface area contributed by atoms with E-state index in [9.17, 15) is 0 Å². The third-order valence-corrected chi connectivity index (χ3v) is 3.67. The number of rotatable bonds is 3. The summed E-state index contributed by atoms with van der Waals surface area (Å²) in [6.07, 6.45) is 8.68. The van der Waals surface area contributed by atoms with Gasteiger partial charge < -0.3 is 9.88 Å². The van der Waals surface area contributed by atoms with Crippen LogP contribution in [0, 0.1) is 0 Å². The predicted molar refractivity (Wildman–Crippen MR) is 60.1 cm³/mol. The minimum Gasteiger partial charge on any atom is -0.331 e. The Kier molecular flexibility index (Phi) is 2.28. The second-order valence-electron chi connectivity index (χ2n) is 4.86. The van der Waals surface area contributed by atoms with Crippen LogP contribution in [-0.4, -0.2) is 23.1 Å². The lowest BCUT2D eigenvalue weighted by Crippen LogP contribution is -2.22. The maximum Gasteiger partial charge on any atom is 0.0954 e. The fourth-order valence-electron chi connectivity index (χ4n) is 2.76. The van der Waals surface area contributed by atoms with Gasteiger partial charge in [0.05, 0.1) is 12.0 Å². The molecule has 1 atom stereocenters. The van der Waals surface area contributed by atoms with E-state index in [0.717, 1.165) is 12.6 Å². The van der Waals surface area contributed by atoms with Gasteiger partial charge in [0.25, 0.3) is 0 Å². The Bertz CT molecular complexity index is 352. The topological polar surface area (TPSA) is 29.9 Å². The van der Waals surface area contributed by atoms with E-state index < -0.39 is 0 Å². The van der Waals surface area contributed by atoms with Crippen molar-refractivity contribution in [2.24, 2.45) is 0 Å². The van der Waals surface area contributed by atoms with E-state index in [4.69, 9.17) is 0 Å². The molecule has 3 nitrogen and oxygen atoms in total. The van der Waals surface area contributed by atoms with Gasteiger partial charge in [-0.1, -0.05) is 0 Å². The van der Waals surface area contributed by atoms with Crippen molar-refractivity contribution < 1.29 is 0 Å². The Balaban J connectivity index is 1.91. The number of nitrogens with zero attached hydrogens (tertiary/aromatic N) is 2. The summed E-state index contributed by atoms with van der Waals surface area (Å²) in [5, 5.41) is 3.28. The zero-order valence-corrected chi connectivity index (χ0v) is 9.37. The summed E-state index contributed by atoms with van der Waals surface area (Å²) in [7, 11) is 2.03. The molecule has 1 fully saturated rings. The zero-order chi connectivity index (χ0) is 10.3. The van der Waals surface area contributed by atoms with Gasteiger partial charge in [0.1, 0.15) is 0 Å². The highest BCUT2D eigenvalue weighted by Crippen LogP contribution is 2.39. The SMILES string of the molecule is CNCC1CCCc2c1ncn2C1CC1. The second kappa shape index (κ2) is 3.63. The van der Waals surface area contributed by atoms with Gasteiger partial charge in [-0.05, 0) is 39.2 Å². The van der Waals surface area contributed by atoms with Gasteiger partial charge in [-0.3, -0.25) is 0 Å². The molecule has 15 heavy (non-hydrogen) atoms. The highest BCUT2D eigenvalue weighted by Gasteiger charge is 2.30. The summed E-state index contributed by atoms with van der Waals surface area (Å²) < 4.78 is 2.44. The average molecular weight is 205 g/mol. The molecule has 1 aromatic rings. The minimum atomic E-state index is 0.652. The largest absolute Gasteiger partial charge is 0.331 e. The lowest BCUT2D eigenvalue weighted by Gasteiger charge is -2.22. The molecule has 1 unspecified atom stereocenters. The Hall–Kier alpha value is -0.830. The molecular formula is C12H19N3. The summed E-state index contributed by atoms with van der Waals surface area (Å²) in [4.78, 5) is 4.64. The minimum absolute atomic E-state index is 0.652. The summed E-state index contributed by atoms with van der Waals surface area (Å²) in [5.41, 5.74) is 2.91. The van der Waals surface area contributed by atoms with Crippen LogP contribution >= 0.6 is 0 Å². The first-order valence-corrected chi connectivity index (χ1v) is 6.10. The third kappa shape index (κ3) is 1.59. The van der Waals surface area contributed by atoms with E-state index >= 15 is 0 Å². The van der Waals surface area contributed by atoms with Gasteiger partial charge in [0.2, 0.25) is 0 Å². The van der Waals surface area contributed by atoms with E-state index in [-0.39, 0.29) is 0 Å². The van der Waals surface area contributed by atoms with Gasteiger partial charge in [-0.15, -0.1) is 0 Å². The predicted octanol–water partition coefficient (Wildman–Crippen LogP) is 1.86. The maximum atomic E-state index is 4.64. The number of likely N-dealkylation sites (N-methyl/N-ethyl adjacent to an activating group) is 1. The molecule has 0 aromatic carbocycles. The Morgan fingerprint density at radius 1 is 1.47 bits per heavy atom. The van der Waals surface area contributed by atoms with E-state index in [1.54, 1.807) is 0 Å². The molecule has 1 heterocycles. The van der Waals surface area contributed by atoms with Crippen molar-refractivity contribution in [3.63, 3.8) is 0 Å². The van der Waals surface area contributed by atoms with Crippen molar-refractivity contribution >= 4 is 0 Å². The van der Waals surface area contributed by atoms with Gasteiger partial charge in [-0.2, -0.15) is 0 Å². The van der Waals surface area contributed by atoms with Crippen molar-refractivity contribution in [2.75, 3.05) is 13.6 Å². The van der Waals surface area contributed by atoms with Gasteiger partial charge in [-0.25, -0.2) is 4.98 Å². The lowest BCUT2D eigenvalue weighted by atomic mass is 9.89. The number of hydrogen-bond donors (Lipinski definition) is 1.